The van der Waals surface area contributed by atoms with Crippen LogP contribution in [0.4, 0.5) is 10.1 Å². The topological polar surface area (TPSA) is 49.4 Å². The maximum Gasteiger partial charge on any atom is 0.250 e. The third kappa shape index (κ3) is 2.37. The zero-order valence-electron chi connectivity index (χ0n) is 16.8. The second-order valence-corrected chi connectivity index (χ2v) is 9.61. The van der Waals surface area contributed by atoms with E-state index in [1.54, 1.807) is 0 Å². The number of rotatable bonds is 3. The number of amides is 1. The number of thiophene rings is 1. The molecule has 2 saturated heterocycles. The zero-order chi connectivity index (χ0) is 21.2. The fraction of sp³-hybridized carbons (Fsp3) is 0.280. The molecule has 3 aliphatic rings. The van der Waals surface area contributed by atoms with Crippen molar-refractivity contribution in [1.82, 2.24) is 4.90 Å². The van der Waals surface area contributed by atoms with Gasteiger partial charge in [0.05, 0.1) is 10.8 Å². The van der Waals surface area contributed by atoms with Gasteiger partial charge in [0, 0.05) is 23.3 Å². The van der Waals surface area contributed by atoms with Crippen molar-refractivity contribution in [3.63, 3.8) is 0 Å². The average molecular weight is 433 g/mol. The van der Waals surface area contributed by atoms with E-state index in [-0.39, 0.29) is 17.5 Å². The second kappa shape index (κ2) is 6.58. The number of halogens is 1. The molecule has 1 amide bonds. The van der Waals surface area contributed by atoms with Crippen molar-refractivity contribution >= 4 is 28.7 Å². The summed E-state index contributed by atoms with van der Waals surface area (Å²) in [4.78, 5) is 30.5. The summed E-state index contributed by atoms with van der Waals surface area (Å²) in [6.45, 7) is 0.716. The monoisotopic (exact) mass is 432 g/mol. The molecule has 3 aromatic rings. The van der Waals surface area contributed by atoms with E-state index in [1.807, 2.05) is 53.9 Å². The molecule has 2 fully saturated rings. The Morgan fingerprint density at radius 1 is 1.10 bits per heavy atom. The number of hydrogen-bond donors (Lipinski definition) is 1. The number of hydrogen-bond acceptors (Lipinski definition) is 4. The summed E-state index contributed by atoms with van der Waals surface area (Å²) < 4.78 is 13.7. The van der Waals surface area contributed by atoms with Crippen LogP contribution in [-0.2, 0) is 15.9 Å². The number of nitrogens with zero attached hydrogens (tertiary/aromatic N) is 1. The average Bonchev–Trinajstić information content (AvgIpc) is 3.53. The predicted molar refractivity (Wildman–Crippen MR) is 118 cm³/mol. The molecule has 3 atom stereocenters. The van der Waals surface area contributed by atoms with Gasteiger partial charge >= 0.3 is 0 Å². The number of fused-ring (bicyclic) bond motifs is 4. The van der Waals surface area contributed by atoms with E-state index in [0.29, 0.717) is 17.8 Å². The minimum atomic E-state index is -1.05. The van der Waals surface area contributed by atoms with Gasteiger partial charge in [-0.05, 0) is 54.5 Å². The van der Waals surface area contributed by atoms with Gasteiger partial charge in [-0.1, -0.05) is 36.4 Å². The number of nitrogens with one attached hydrogen (secondary N) is 1. The Morgan fingerprint density at radius 3 is 2.68 bits per heavy atom. The van der Waals surface area contributed by atoms with Crippen molar-refractivity contribution < 1.29 is 14.0 Å². The number of Topliss-reactive ketones (excluding diaryl/α,β-unsaturated/α-hetero) is 1. The lowest BCUT2D eigenvalue weighted by Crippen LogP contribution is -2.54. The van der Waals surface area contributed by atoms with Gasteiger partial charge < -0.3 is 5.32 Å². The number of carbonyl (C=O) groups is 2. The highest BCUT2D eigenvalue weighted by Gasteiger charge is 2.70. The van der Waals surface area contributed by atoms with Crippen LogP contribution in [0, 0.1) is 11.7 Å². The van der Waals surface area contributed by atoms with Gasteiger partial charge in [-0.15, -0.1) is 11.3 Å². The summed E-state index contributed by atoms with van der Waals surface area (Å²) >= 11 is 1.42. The summed E-state index contributed by atoms with van der Waals surface area (Å²) in [5.41, 5.74) is 1.10. The molecule has 3 aliphatic heterocycles. The Kier molecular flexibility index (Phi) is 4.01. The Morgan fingerprint density at radius 2 is 1.90 bits per heavy atom. The summed E-state index contributed by atoms with van der Waals surface area (Å²) in [7, 11) is 0. The molecular formula is C25H21FN2O2S. The third-order valence-corrected chi connectivity index (χ3v) is 8.24. The lowest BCUT2D eigenvalue weighted by molar-refractivity contribution is -0.129. The number of carbonyl (C=O) groups excluding carboxylic acids is 2. The van der Waals surface area contributed by atoms with Crippen molar-refractivity contribution in [2.24, 2.45) is 5.92 Å². The molecular weight excluding hydrogens is 411 g/mol. The minimum absolute atomic E-state index is 0.0118. The highest BCUT2D eigenvalue weighted by atomic mass is 32.1. The van der Waals surface area contributed by atoms with Gasteiger partial charge in [-0.25, -0.2) is 4.39 Å². The van der Waals surface area contributed by atoms with Gasteiger partial charge in [-0.3, -0.25) is 14.5 Å². The highest BCUT2D eigenvalue weighted by Crippen LogP contribution is 2.63. The lowest BCUT2D eigenvalue weighted by Gasteiger charge is -2.41. The molecule has 4 nitrogen and oxygen atoms in total. The summed E-state index contributed by atoms with van der Waals surface area (Å²) in [5.74, 6) is -0.917. The van der Waals surface area contributed by atoms with E-state index in [4.69, 9.17) is 0 Å². The van der Waals surface area contributed by atoms with E-state index in [9.17, 15) is 14.0 Å². The Hall–Kier alpha value is -2.83. The molecule has 31 heavy (non-hydrogen) atoms. The third-order valence-electron chi connectivity index (χ3n) is 7.35. The molecule has 156 valence electrons. The smallest absolute Gasteiger partial charge is 0.250 e. The molecule has 6 rings (SSSR count). The lowest BCUT2D eigenvalue weighted by atomic mass is 9.75. The largest absolute Gasteiger partial charge is 0.324 e. The van der Waals surface area contributed by atoms with Crippen molar-refractivity contribution in [2.75, 3.05) is 11.9 Å². The highest BCUT2D eigenvalue weighted by molar-refractivity contribution is 7.12. The summed E-state index contributed by atoms with van der Waals surface area (Å²) in [6, 6.07) is 18.0. The molecule has 1 aromatic heterocycles. The first-order valence-electron chi connectivity index (χ1n) is 10.6. The van der Waals surface area contributed by atoms with Crippen LogP contribution in [0.5, 0.6) is 0 Å². The molecule has 0 unspecified atom stereocenters. The van der Waals surface area contributed by atoms with E-state index >= 15 is 0 Å². The van der Waals surface area contributed by atoms with Gasteiger partial charge in [0.2, 0.25) is 5.91 Å². The molecule has 0 saturated carbocycles. The van der Waals surface area contributed by atoms with Crippen LogP contribution in [0.3, 0.4) is 0 Å². The minimum Gasteiger partial charge on any atom is -0.324 e. The Labute approximate surface area is 183 Å². The van der Waals surface area contributed by atoms with Crippen molar-refractivity contribution in [2.45, 2.75) is 30.3 Å². The molecule has 6 heteroatoms. The van der Waals surface area contributed by atoms with Crippen LogP contribution < -0.4 is 5.32 Å². The van der Waals surface area contributed by atoms with Crippen LogP contribution in [0.15, 0.2) is 66.0 Å². The molecule has 1 N–H and O–H groups in total. The van der Waals surface area contributed by atoms with Crippen LogP contribution in [-0.4, -0.2) is 23.1 Å². The molecule has 2 aromatic carbocycles. The SMILES string of the molecule is O=C(c1cccs1)[C@H]1C[C@@]2(c3ccc(F)cc3)CCCN2[C@]12C(=O)Nc1ccccc12. The number of anilines is 1. The standard InChI is InChI=1S/C25H21FN2O2S/c26-17-10-8-16(9-11-17)24-12-4-13-28(24)25(18-5-1-2-6-20(18)27-23(25)30)19(15-24)22(29)21-7-3-14-31-21/h1-3,5-11,14,19H,4,12-13,15H2,(H,27,30)/t19-,24-,25+/m1/s1. The molecule has 4 heterocycles. The quantitative estimate of drug-likeness (QED) is 0.597. The van der Waals surface area contributed by atoms with Crippen molar-refractivity contribution in [3.05, 3.63) is 87.9 Å². The first-order valence-corrected chi connectivity index (χ1v) is 11.5. The first-order chi connectivity index (χ1) is 15.1. The molecule has 0 radical (unpaired) electrons. The maximum absolute atomic E-state index is 13.8. The number of ketones is 1. The Bertz CT molecular complexity index is 1190. The predicted octanol–water partition coefficient (Wildman–Crippen LogP) is 4.93. The van der Waals surface area contributed by atoms with Crippen molar-refractivity contribution in [1.29, 1.82) is 0 Å². The normalized spacial score (nSPS) is 29.2. The van der Waals surface area contributed by atoms with Crippen LogP contribution >= 0.6 is 11.3 Å². The maximum atomic E-state index is 13.8. The fourth-order valence-corrected chi connectivity index (χ4v) is 6.93. The van der Waals surface area contributed by atoms with Gasteiger partial charge in [0.25, 0.3) is 0 Å². The van der Waals surface area contributed by atoms with E-state index in [0.717, 1.165) is 29.7 Å². The van der Waals surface area contributed by atoms with E-state index in [1.165, 1.54) is 23.5 Å². The summed E-state index contributed by atoms with van der Waals surface area (Å²) in [6.07, 6.45) is 2.30. The van der Waals surface area contributed by atoms with Gasteiger partial charge in [-0.2, -0.15) is 0 Å². The molecule has 0 bridgehead atoms. The van der Waals surface area contributed by atoms with Crippen LogP contribution in [0.1, 0.15) is 40.1 Å². The molecule has 1 spiro atoms. The summed E-state index contributed by atoms with van der Waals surface area (Å²) in [5, 5.41) is 4.96. The second-order valence-electron chi connectivity index (χ2n) is 8.66. The van der Waals surface area contributed by atoms with Crippen molar-refractivity contribution in [3.8, 4) is 0 Å². The van der Waals surface area contributed by atoms with Crippen LogP contribution in [0.2, 0.25) is 0 Å². The number of para-hydroxylation sites is 1. The zero-order valence-corrected chi connectivity index (χ0v) is 17.6. The van der Waals surface area contributed by atoms with Crippen LogP contribution in [0.25, 0.3) is 0 Å². The molecule has 0 aliphatic carbocycles. The van der Waals surface area contributed by atoms with Gasteiger partial charge in [0.15, 0.2) is 5.78 Å². The van der Waals surface area contributed by atoms with E-state index < -0.39 is 17.0 Å². The van der Waals surface area contributed by atoms with E-state index in [2.05, 4.69) is 10.2 Å². The fourth-order valence-electron chi connectivity index (χ4n) is 6.21. The number of benzene rings is 2. The van der Waals surface area contributed by atoms with Gasteiger partial charge in [0.1, 0.15) is 11.4 Å². The first kappa shape index (κ1) is 18.9. The Balaban J connectivity index is 1.60.